The van der Waals surface area contributed by atoms with Crippen LogP contribution in [0.5, 0.6) is 0 Å². The molecule has 2 aliphatic rings. The van der Waals surface area contributed by atoms with Gasteiger partial charge in [0.2, 0.25) is 0 Å². The number of piperazine rings is 1. The molecule has 2 fully saturated rings. The second-order valence-electron chi connectivity index (χ2n) is 6.76. The van der Waals surface area contributed by atoms with Gasteiger partial charge in [-0.15, -0.1) is 0 Å². The van der Waals surface area contributed by atoms with Crippen molar-refractivity contribution in [3.63, 3.8) is 0 Å². The van der Waals surface area contributed by atoms with Crippen molar-refractivity contribution in [3.8, 4) is 0 Å². The monoisotopic (exact) mass is 336 g/mol. The molecule has 0 radical (unpaired) electrons. The molecule has 0 amide bonds. The highest BCUT2D eigenvalue weighted by molar-refractivity contribution is 5.78. The fourth-order valence-electron chi connectivity index (χ4n) is 3.55. The number of rotatable bonds is 2. The van der Waals surface area contributed by atoms with E-state index >= 15 is 0 Å². The molecular formula is C22H28N2O. The first-order valence-electron chi connectivity index (χ1n) is 9.43. The summed E-state index contributed by atoms with van der Waals surface area (Å²) in [5, 5.41) is 3.49. The molecule has 2 aromatic carbocycles. The first kappa shape index (κ1) is 17.7. The maximum Gasteiger partial charge on any atom is 0.132 e. The van der Waals surface area contributed by atoms with Crippen LogP contribution in [0.15, 0.2) is 60.7 Å². The minimum absolute atomic E-state index is 0.433. The van der Waals surface area contributed by atoms with Crippen LogP contribution in [0.1, 0.15) is 43.7 Å². The van der Waals surface area contributed by atoms with Crippen LogP contribution in [0.25, 0.3) is 0 Å². The number of nitrogens with one attached hydrogen (secondary N) is 1. The van der Waals surface area contributed by atoms with E-state index in [2.05, 4.69) is 70.9 Å². The quantitative estimate of drug-likeness (QED) is 0.884. The average molecular weight is 336 g/mol. The smallest absolute Gasteiger partial charge is 0.132 e. The van der Waals surface area contributed by atoms with E-state index in [4.69, 9.17) is 0 Å². The fourth-order valence-corrected chi connectivity index (χ4v) is 3.55. The van der Waals surface area contributed by atoms with Crippen molar-refractivity contribution >= 4 is 11.5 Å². The zero-order valence-corrected chi connectivity index (χ0v) is 14.9. The summed E-state index contributed by atoms with van der Waals surface area (Å²) in [5.74, 6) is 0.464. The van der Waals surface area contributed by atoms with Crippen LogP contribution in [-0.2, 0) is 4.79 Å². The Labute approximate surface area is 151 Å². The summed E-state index contributed by atoms with van der Waals surface area (Å²) in [4.78, 5) is 13.0. The minimum Gasteiger partial charge on any atom is -0.362 e. The Balaban J connectivity index is 0.000000219. The summed E-state index contributed by atoms with van der Waals surface area (Å²) in [6.07, 6.45) is 5.24. The van der Waals surface area contributed by atoms with Gasteiger partial charge in [-0.1, -0.05) is 55.0 Å². The number of para-hydroxylation sites is 1. The van der Waals surface area contributed by atoms with Gasteiger partial charge >= 0.3 is 0 Å². The lowest BCUT2D eigenvalue weighted by Gasteiger charge is -2.38. The van der Waals surface area contributed by atoms with Gasteiger partial charge in [-0.05, 0) is 30.5 Å². The molecule has 1 aliphatic heterocycles. The van der Waals surface area contributed by atoms with Gasteiger partial charge in [0.1, 0.15) is 5.78 Å². The molecule has 1 aliphatic carbocycles. The van der Waals surface area contributed by atoms with Crippen LogP contribution in [-0.4, -0.2) is 25.4 Å². The molecule has 0 spiro atoms. The third-order valence-electron chi connectivity index (χ3n) is 4.93. The molecule has 0 bridgehead atoms. The molecule has 3 heteroatoms. The van der Waals surface area contributed by atoms with E-state index < -0.39 is 0 Å². The molecule has 2 aromatic rings. The SMILES string of the molecule is O=C1CCCCC1.c1ccc(C2CNCCN2c2ccccc2)cc1. The fraction of sp³-hybridized carbons (Fsp3) is 0.409. The van der Waals surface area contributed by atoms with Crippen LogP contribution in [0.2, 0.25) is 0 Å². The lowest BCUT2D eigenvalue weighted by Crippen LogP contribution is -2.46. The second-order valence-corrected chi connectivity index (χ2v) is 6.76. The number of anilines is 1. The first-order chi connectivity index (χ1) is 12.3. The number of hydrogen-bond donors (Lipinski definition) is 1. The van der Waals surface area contributed by atoms with Gasteiger partial charge in [-0.2, -0.15) is 0 Å². The highest BCUT2D eigenvalue weighted by atomic mass is 16.1. The molecule has 1 heterocycles. The molecule has 1 unspecified atom stereocenters. The predicted molar refractivity (Wildman–Crippen MR) is 104 cm³/mol. The highest BCUT2D eigenvalue weighted by Gasteiger charge is 2.23. The van der Waals surface area contributed by atoms with Crippen molar-refractivity contribution in [1.29, 1.82) is 0 Å². The van der Waals surface area contributed by atoms with Crippen molar-refractivity contribution < 1.29 is 4.79 Å². The molecule has 4 rings (SSSR count). The van der Waals surface area contributed by atoms with E-state index in [1.54, 1.807) is 0 Å². The molecule has 3 nitrogen and oxygen atoms in total. The molecule has 1 saturated carbocycles. The molecule has 1 N–H and O–H groups in total. The van der Waals surface area contributed by atoms with E-state index in [9.17, 15) is 4.79 Å². The molecule has 1 saturated heterocycles. The number of carbonyl (C=O) groups excluding carboxylic acids is 1. The standard InChI is InChI=1S/C16H18N2.C6H10O/c1-3-7-14(8-4-1)16-13-17-11-12-18(16)15-9-5-2-6-10-15;7-6-4-2-1-3-5-6/h1-10,16-17H,11-13H2;1-5H2. The minimum atomic E-state index is 0.433. The maximum absolute atomic E-state index is 10.5. The Hall–Kier alpha value is -2.13. The Morgan fingerprint density at radius 2 is 1.48 bits per heavy atom. The second kappa shape index (κ2) is 9.38. The summed E-state index contributed by atoms with van der Waals surface area (Å²) in [7, 11) is 0. The number of hydrogen-bond acceptors (Lipinski definition) is 3. The van der Waals surface area contributed by atoms with E-state index in [1.165, 1.54) is 17.7 Å². The topological polar surface area (TPSA) is 32.3 Å². The molecular weight excluding hydrogens is 308 g/mol. The maximum atomic E-state index is 10.5. The van der Waals surface area contributed by atoms with E-state index in [1.807, 2.05) is 0 Å². The van der Waals surface area contributed by atoms with Crippen molar-refractivity contribution in [1.82, 2.24) is 5.32 Å². The van der Waals surface area contributed by atoms with Crippen LogP contribution in [0.4, 0.5) is 5.69 Å². The Kier molecular flexibility index (Phi) is 6.63. The molecule has 132 valence electrons. The Bertz CT molecular complexity index is 586. The van der Waals surface area contributed by atoms with Crippen molar-refractivity contribution in [2.75, 3.05) is 24.5 Å². The zero-order valence-electron chi connectivity index (χ0n) is 14.9. The number of benzene rings is 2. The van der Waals surface area contributed by atoms with Gasteiger partial charge in [0.05, 0.1) is 6.04 Å². The summed E-state index contributed by atoms with van der Waals surface area (Å²) < 4.78 is 0. The Morgan fingerprint density at radius 1 is 0.840 bits per heavy atom. The van der Waals surface area contributed by atoms with Crippen LogP contribution >= 0.6 is 0 Å². The first-order valence-corrected chi connectivity index (χ1v) is 9.43. The summed E-state index contributed by atoms with van der Waals surface area (Å²) in [6, 6.07) is 21.9. The van der Waals surface area contributed by atoms with E-state index in [-0.39, 0.29) is 0 Å². The summed E-state index contributed by atoms with van der Waals surface area (Å²) in [5.41, 5.74) is 2.70. The third-order valence-corrected chi connectivity index (χ3v) is 4.93. The number of carbonyl (C=O) groups is 1. The Morgan fingerprint density at radius 3 is 2.08 bits per heavy atom. The van der Waals surface area contributed by atoms with Gasteiger partial charge in [-0.25, -0.2) is 0 Å². The van der Waals surface area contributed by atoms with Crippen LogP contribution in [0, 0.1) is 0 Å². The lowest BCUT2D eigenvalue weighted by molar-refractivity contribution is -0.120. The third kappa shape index (κ3) is 5.17. The summed E-state index contributed by atoms with van der Waals surface area (Å²) >= 11 is 0. The molecule has 1 atom stereocenters. The molecule has 0 aromatic heterocycles. The largest absolute Gasteiger partial charge is 0.362 e. The normalized spacial score (nSPS) is 20.6. The van der Waals surface area contributed by atoms with Gasteiger partial charge in [0.25, 0.3) is 0 Å². The van der Waals surface area contributed by atoms with E-state index in [0.717, 1.165) is 45.3 Å². The highest BCUT2D eigenvalue weighted by Crippen LogP contribution is 2.27. The van der Waals surface area contributed by atoms with Crippen LogP contribution < -0.4 is 10.2 Å². The van der Waals surface area contributed by atoms with Gasteiger partial charge in [-0.3, -0.25) is 4.79 Å². The molecule has 25 heavy (non-hydrogen) atoms. The number of Topliss-reactive ketones (excluding diaryl/α,β-unsaturated/α-hetero) is 1. The van der Waals surface area contributed by atoms with Gasteiger partial charge in [0, 0.05) is 38.2 Å². The summed E-state index contributed by atoms with van der Waals surface area (Å²) in [6.45, 7) is 3.13. The average Bonchev–Trinajstić information content (AvgIpc) is 2.70. The predicted octanol–water partition coefficient (Wildman–Crippen LogP) is 4.36. The van der Waals surface area contributed by atoms with Crippen molar-refractivity contribution in [3.05, 3.63) is 66.2 Å². The lowest BCUT2D eigenvalue weighted by atomic mass is 10.00. The van der Waals surface area contributed by atoms with Crippen LogP contribution in [0.3, 0.4) is 0 Å². The van der Waals surface area contributed by atoms with E-state index in [0.29, 0.717) is 11.8 Å². The zero-order chi connectivity index (χ0) is 17.3. The van der Waals surface area contributed by atoms with Gasteiger partial charge in [0.15, 0.2) is 0 Å². The van der Waals surface area contributed by atoms with Gasteiger partial charge < -0.3 is 10.2 Å². The van der Waals surface area contributed by atoms with Crippen molar-refractivity contribution in [2.24, 2.45) is 0 Å². The number of ketones is 1. The van der Waals surface area contributed by atoms with Crippen molar-refractivity contribution in [2.45, 2.75) is 38.1 Å². The number of nitrogens with zero attached hydrogens (tertiary/aromatic N) is 1.